The predicted molar refractivity (Wildman–Crippen MR) is 80.6 cm³/mol. The molecule has 0 saturated heterocycles. The Kier molecular flexibility index (Phi) is 3.21. The highest BCUT2D eigenvalue weighted by Crippen LogP contribution is 2.60. The van der Waals surface area contributed by atoms with Crippen LogP contribution in [0.1, 0.15) is 68.5 Å². The summed E-state index contributed by atoms with van der Waals surface area (Å²) in [5.74, 6) is 4.60. The second-order valence-electron chi connectivity index (χ2n) is 7.50. The summed E-state index contributed by atoms with van der Waals surface area (Å²) in [4.78, 5) is 0.208. The van der Waals surface area contributed by atoms with Crippen LogP contribution in [0.4, 0.5) is 0 Å². The Morgan fingerprint density at radius 3 is 2.30 bits per heavy atom. The number of hydrogen-bond donors (Lipinski definition) is 0. The quantitative estimate of drug-likeness (QED) is 0.748. The summed E-state index contributed by atoms with van der Waals surface area (Å²) in [6.45, 7) is 2.13. The van der Waals surface area contributed by atoms with E-state index < -0.39 is 0 Å². The van der Waals surface area contributed by atoms with Crippen LogP contribution < -0.4 is 0 Å². The van der Waals surface area contributed by atoms with Crippen molar-refractivity contribution in [1.82, 2.24) is 10.2 Å². The Bertz CT molecular complexity index is 463. The normalized spacial score (nSPS) is 40.2. The summed E-state index contributed by atoms with van der Waals surface area (Å²) >= 11 is 3.60. The molecule has 110 valence electrons. The van der Waals surface area contributed by atoms with E-state index in [-0.39, 0.29) is 4.83 Å². The lowest BCUT2D eigenvalue weighted by Crippen LogP contribution is -2.47. The molecule has 1 unspecified atom stereocenters. The Labute approximate surface area is 129 Å². The van der Waals surface area contributed by atoms with Crippen LogP contribution in [0.2, 0.25) is 0 Å². The third kappa shape index (κ3) is 2.24. The Morgan fingerprint density at radius 1 is 1.15 bits per heavy atom. The highest BCUT2D eigenvalue weighted by molar-refractivity contribution is 9.09. The van der Waals surface area contributed by atoms with Crippen LogP contribution in [0.25, 0.3) is 0 Å². The van der Waals surface area contributed by atoms with Crippen molar-refractivity contribution in [2.75, 3.05) is 0 Å². The van der Waals surface area contributed by atoms with Gasteiger partial charge in [0.15, 0.2) is 0 Å². The third-order valence-electron chi connectivity index (χ3n) is 5.80. The van der Waals surface area contributed by atoms with Crippen molar-refractivity contribution < 1.29 is 4.42 Å². The molecule has 0 aliphatic heterocycles. The molecule has 4 saturated carbocycles. The van der Waals surface area contributed by atoms with E-state index in [4.69, 9.17) is 4.42 Å². The molecular weight excluding hydrogens is 316 g/mol. The number of alkyl halides is 1. The fraction of sp³-hybridized carbons (Fsp3) is 0.875. The Morgan fingerprint density at radius 2 is 1.75 bits per heavy atom. The molecule has 1 aromatic heterocycles. The molecule has 0 N–H and O–H groups in total. The molecule has 0 amide bonds. The van der Waals surface area contributed by atoms with E-state index in [9.17, 15) is 0 Å². The van der Waals surface area contributed by atoms with E-state index in [1.165, 1.54) is 38.5 Å². The lowest BCUT2D eigenvalue weighted by molar-refractivity contribution is -0.0551. The summed E-state index contributed by atoms with van der Waals surface area (Å²) in [5.41, 5.74) is 0.493. The van der Waals surface area contributed by atoms with Gasteiger partial charge in [-0.2, -0.15) is 0 Å². The predicted octanol–water partition coefficient (Wildman–Crippen LogP) is 4.67. The lowest BCUT2D eigenvalue weighted by atomic mass is 9.49. The highest BCUT2D eigenvalue weighted by atomic mass is 79.9. The van der Waals surface area contributed by atoms with E-state index in [1.807, 2.05) is 0 Å². The maximum atomic E-state index is 5.91. The summed E-state index contributed by atoms with van der Waals surface area (Å²) in [5, 5.41) is 8.54. The summed E-state index contributed by atoms with van der Waals surface area (Å²) < 4.78 is 5.91. The molecule has 20 heavy (non-hydrogen) atoms. The van der Waals surface area contributed by atoms with Gasteiger partial charge in [-0.25, -0.2) is 0 Å². The first-order valence-electron chi connectivity index (χ1n) is 8.12. The first-order valence-corrected chi connectivity index (χ1v) is 9.04. The third-order valence-corrected chi connectivity index (χ3v) is 6.84. The minimum absolute atomic E-state index is 0.208. The van der Waals surface area contributed by atoms with E-state index >= 15 is 0 Å². The van der Waals surface area contributed by atoms with Crippen LogP contribution in [0, 0.1) is 23.2 Å². The zero-order valence-corrected chi connectivity index (χ0v) is 13.7. The van der Waals surface area contributed by atoms with Crippen LogP contribution in [0.15, 0.2) is 4.42 Å². The second-order valence-corrected chi connectivity index (χ2v) is 8.61. The van der Waals surface area contributed by atoms with E-state index in [0.29, 0.717) is 5.41 Å². The van der Waals surface area contributed by atoms with Gasteiger partial charge in [0, 0.05) is 6.42 Å². The maximum Gasteiger partial charge on any atom is 0.230 e. The summed E-state index contributed by atoms with van der Waals surface area (Å²) in [6, 6.07) is 0. The molecule has 0 aromatic carbocycles. The highest BCUT2D eigenvalue weighted by Gasteiger charge is 2.51. The van der Waals surface area contributed by atoms with E-state index in [2.05, 4.69) is 33.1 Å². The SMILES string of the molecule is CCC(Br)c1nnc(CC23CC4CC(CC(C4)C2)C3)o1. The van der Waals surface area contributed by atoms with Crippen molar-refractivity contribution in [2.24, 2.45) is 23.2 Å². The topological polar surface area (TPSA) is 38.9 Å². The van der Waals surface area contributed by atoms with Gasteiger partial charge in [0.25, 0.3) is 0 Å². The lowest BCUT2D eigenvalue weighted by Gasteiger charge is -2.56. The van der Waals surface area contributed by atoms with Crippen LogP contribution in [0.3, 0.4) is 0 Å². The number of halogens is 1. The molecule has 5 rings (SSSR count). The van der Waals surface area contributed by atoms with Crippen molar-refractivity contribution in [1.29, 1.82) is 0 Å². The molecule has 1 heterocycles. The maximum absolute atomic E-state index is 5.91. The molecule has 4 heteroatoms. The molecule has 4 fully saturated rings. The molecule has 0 radical (unpaired) electrons. The van der Waals surface area contributed by atoms with Gasteiger partial charge >= 0.3 is 0 Å². The first kappa shape index (κ1) is 13.3. The van der Waals surface area contributed by atoms with Gasteiger partial charge in [-0.15, -0.1) is 10.2 Å². The zero-order valence-electron chi connectivity index (χ0n) is 12.1. The smallest absolute Gasteiger partial charge is 0.230 e. The number of hydrogen-bond acceptors (Lipinski definition) is 3. The van der Waals surface area contributed by atoms with E-state index in [0.717, 1.165) is 42.4 Å². The van der Waals surface area contributed by atoms with Crippen molar-refractivity contribution in [3.8, 4) is 0 Å². The molecule has 3 nitrogen and oxygen atoms in total. The Hall–Kier alpha value is -0.380. The van der Waals surface area contributed by atoms with Crippen molar-refractivity contribution in [3.05, 3.63) is 11.8 Å². The summed E-state index contributed by atoms with van der Waals surface area (Å²) in [6.07, 6.45) is 10.7. The van der Waals surface area contributed by atoms with Gasteiger partial charge in [0.1, 0.15) is 0 Å². The molecule has 4 aliphatic carbocycles. The largest absolute Gasteiger partial charge is 0.424 e. The molecule has 1 aromatic rings. The average Bonchev–Trinajstić information content (AvgIpc) is 2.83. The van der Waals surface area contributed by atoms with E-state index in [1.54, 1.807) is 0 Å². The Balaban J connectivity index is 1.52. The minimum Gasteiger partial charge on any atom is -0.424 e. The van der Waals surface area contributed by atoms with Crippen molar-refractivity contribution in [3.63, 3.8) is 0 Å². The number of nitrogens with zero attached hydrogens (tertiary/aromatic N) is 2. The van der Waals surface area contributed by atoms with Gasteiger partial charge in [0.2, 0.25) is 11.8 Å². The fourth-order valence-electron chi connectivity index (χ4n) is 5.47. The number of rotatable bonds is 4. The molecule has 0 spiro atoms. The van der Waals surface area contributed by atoms with Crippen LogP contribution in [0.5, 0.6) is 0 Å². The molecule has 4 bridgehead atoms. The molecule has 4 aliphatic rings. The molecule has 1 atom stereocenters. The second kappa shape index (κ2) is 4.82. The molecular formula is C16H23BrN2O. The summed E-state index contributed by atoms with van der Waals surface area (Å²) in [7, 11) is 0. The average molecular weight is 339 g/mol. The van der Waals surface area contributed by atoms with Crippen LogP contribution in [-0.2, 0) is 6.42 Å². The number of aromatic nitrogens is 2. The van der Waals surface area contributed by atoms with Crippen molar-refractivity contribution in [2.45, 2.75) is 63.1 Å². The zero-order chi connectivity index (χ0) is 13.7. The standard InChI is InChI=1S/C16H23BrN2O/c1-2-13(17)15-19-18-14(20-15)9-16-6-10-3-11(7-16)5-12(4-10)8-16/h10-13H,2-9H2,1H3. The van der Waals surface area contributed by atoms with Crippen LogP contribution >= 0.6 is 15.9 Å². The first-order chi connectivity index (χ1) is 9.66. The van der Waals surface area contributed by atoms with Gasteiger partial charge < -0.3 is 4.42 Å². The van der Waals surface area contributed by atoms with Gasteiger partial charge in [0.05, 0.1) is 4.83 Å². The van der Waals surface area contributed by atoms with Gasteiger partial charge in [-0.1, -0.05) is 22.9 Å². The monoisotopic (exact) mass is 338 g/mol. The fourth-order valence-corrected chi connectivity index (χ4v) is 5.65. The van der Waals surface area contributed by atoms with Gasteiger partial charge in [-0.3, -0.25) is 0 Å². The van der Waals surface area contributed by atoms with Crippen molar-refractivity contribution >= 4 is 15.9 Å². The van der Waals surface area contributed by atoms with Crippen LogP contribution in [-0.4, -0.2) is 10.2 Å². The van der Waals surface area contributed by atoms with Gasteiger partial charge in [-0.05, 0) is 68.1 Å². The minimum atomic E-state index is 0.208.